The summed E-state index contributed by atoms with van der Waals surface area (Å²) in [5.74, 6) is -2.23. The van der Waals surface area contributed by atoms with E-state index in [1.54, 1.807) is 0 Å². The van der Waals surface area contributed by atoms with Gasteiger partial charge in [-0.05, 0) is 6.92 Å². The minimum absolute atomic E-state index is 0.00709. The Kier molecular flexibility index (Phi) is 3.44. The van der Waals surface area contributed by atoms with Crippen LogP contribution in [-0.4, -0.2) is 40.1 Å². The van der Waals surface area contributed by atoms with Crippen LogP contribution in [0.4, 0.5) is 4.79 Å². The van der Waals surface area contributed by atoms with Gasteiger partial charge in [-0.1, -0.05) is 0 Å². The molecule has 1 atom stereocenters. The summed E-state index contributed by atoms with van der Waals surface area (Å²) in [7, 11) is 0. The van der Waals surface area contributed by atoms with E-state index >= 15 is 0 Å². The summed E-state index contributed by atoms with van der Waals surface area (Å²) in [6.45, 7) is 1.24. The van der Waals surface area contributed by atoms with Gasteiger partial charge < -0.3 is 15.3 Å². The first kappa shape index (κ1) is 12.0. The molecule has 0 aliphatic carbocycles. The molecule has 2 N–H and O–H groups in total. The first-order valence-corrected chi connectivity index (χ1v) is 4.49. The van der Waals surface area contributed by atoms with Crippen LogP contribution in [0.25, 0.3) is 0 Å². The second-order valence-electron chi connectivity index (χ2n) is 3.16. The van der Waals surface area contributed by atoms with E-state index in [0.717, 1.165) is 0 Å². The zero-order chi connectivity index (χ0) is 12.3. The predicted molar refractivity (Wildman–Crippen MR) is 47.8 cm³/mol. The molecule has 1 heterocycles. The van der Waals surface area contributed by atoms with E-state index in [1.807, 2.05) is 5.32 Å². The van der Waals surface area contributed by atoms with E-state index in [4.69, 9.17) is 5.11 Å². The van der Waals surface area contributed by atoms with Gasteiger partial charge >= 0.3 is 12.1 Å². The van der Waals surface area contributed by atoms with Crippen molar-refractivity contribution < 1.29 is 29.1 Å². The van der Waals surface area contributed by atoms with Crippen LogP contribution in [0.2, 0.25) is 0 Å². The summed E-state index contributed by atoms with van der Waals surface area (Å²) in [5, 5.41) is 10.5. The number of hydrogen-bond donors (Lipinski definition) is 2. The van der Waals surface area contributed by atoms with Crippen molar-refractivity contribution in [3.05, 3.63) is 0 Å². The zero-order valence-corrected chi connectivity index (χ0v) is 8.43. The van der Waals surface area contributed by atoms with Gasteiger partial charge in [0.2, 0.25) is 0 Å². The molecule has 1 rings (SSSR count). The molecule has 0 unspecified atom stereocenters. The maximum absolute atomic E-state index is 11.2. The van der Waals surface area contributed by atoms with Gasteiger partial charge in [-0.15, -0.1) is 5.06 Å². The molecule has 0 aromatic heterocycles. The van der Waals surface area contributed by atoms with Crippen molar-refractivity contribution >= 4 is 23.9 Å². The quantitative estimate of drug-likeness (QED) is 0.616. The summed E-state index contributed by atoms with van der Waals surface area (Å²) in [6.07, 6.45) is -1.41. The maximum Gasteiger partial charge on any atom is 0.405 e. The lowest BCUT2D eigenvalue weighted by Gasteiger charge is -2.15. The average molecular weight is 230 g/mol. The van der Waals surface area contributed by atoms with Crippen LogP contribution in [0.15, 0.2) is 0 Å². The van der Waals surface area contributed by atoms with Crippen molar-refractivity contribution in [3.8, 4) is 0 Å². The number of amides is 3. The molecule has 0 spiro atoms. The van der Waals surface area contributed by atoms with Crippen LogP contribution in [0.5, 0.6) is 0 Å². The Morgan fingerprint density at radius 3 is 2.31 bits per heavy atom. The van der Waals surface area contributed by atoms with E-state index in [-0.39, 0.29) is 12.8 Å². The molecule has 0 aromatic carbocycles. The van der Waals surface area contributed by atoms with E-state index in [9.17, 15) is 19.2 Å². The Hall–Kier alpha value is -2.12. The number of nitrogens with zero attached hydrogens (tertiary/aromatic N) is 1. The van der Waals surface area contributed by atoms with Crippen molar-refractivity contribution in [2.45, 2.75) is 25.8 Å². The van der Waals surface area contributed by atoms with Crippen LogP contribution in [0.3, 0.4) is 0 Å². The van der Waals surface area contributed by atoms with Gasteiger partial charge in [-0.2, -0.15) is 0 Å². The number of nitrogens with one attached hydrogen (secondary N) is 1. The van der Waals surface area contributed by atoms with Crippen LogP contribution in [0, 0.1) is 0 Å². The molecule has 1 fully saturated rings. The third-order valence-electron chi connectivity index (χ3n) is 1.88. The lowest BCUT2D eigenvalue weighted by molar-refractivity contribution is -0.198. The second kappa shape index (κ2) is 4.60. The Balaban J connectivity index is 2.53. The molecule has 1 aliphatic heterocycles. The van der Waals surface area contributed by atoms with E-state index in [1.165, 1.54) is 6.92 Å². The molecule has 16 heavy (non-hydrogen) atoms. The highest BCUT2D eigenvalue weighted by Gasteiger charge is 2.34. The van der Waals surface area contributed by atoms with E-state index < -0.39 is 29.9 Å². The molecule has 0 aromatic rings. The summed E-state index contributed by atoms with van der Waals surface area (Å²) in [6, 6.07) is -1.15. The van der Waals surface area contributed by atoms with Gasteiger partial charge in [0.05, 0.1) is 0 Å². The average Bonchev–Trinajstić information content (AvgIpc) is 2.48. The molecule has 3 amide bonds. The zero-order valence-electron chi connectivity index (χ0n) is 8.43. The number of carbonyl (C=O) groups is 4. The third-order valence-corrected chi connectivity index (χ3v) is 1.88. The second-order valence-corrected chi connectivity index (χ2v) is 3.16. The molecule has 8 heteroatoms. The van der Waals surface area contributed by atoms with Gasteiger partial charge in [0.1, 0.15) is 6.04 Å². The minimum Gasteiger partial charge on any atom is -0.465 e. The largest absolute Gasteiger partial charge is 0.465 e. The fourth-order valence-electron chi connectivity index (χ4n) is 1.07. The number of imide groups is 1. The first-order valence-electron chi connectivity index (χ1n) is 4.49. The molecule has 88 valence electrons. The summed E-state index contributed by atoms with van der Waals surface area (Å²) in [4.78, 5) is 48.0. The predicted octanol–water partition coefficient (Wildman–Crippen LogP) is -0.750. The molecular weight excluding hydrogens is 220 g/mol. The summed E-state index contributed by atoms with van der Waals surface area (Å²) < 4.78 is 0. The number of carbonyl (C=O) groups excluding carboxylic acids is 3. The molecule has 8 nitrogen and oxygen atoms in total. The Bertz CT molecular complexity index is 336. The van der Waals surface area contributed by atoms with Crippen molar-refractivity contribution in [2.24, 2.45) is 0 Å². The van der Waals surface area contributed by atoms with E-state index in [0.29, 0.717) is 5.06 Å². The first-order chi connectivity index (χ1) is 7.41. The Labute approximate surface area is 90.1 Å². The van der Waals surface area contributed by atoms with Crippen molar-refractivity contribution in [3.63, 3.8) is 0 Å². The van der Waals surface area contributed by atoms with E-state index in [2.05, 4.69) is 4.84 Å². The SMILES string of the molecule is C[C@H](NC(=O)O)C(=O)ON1C(=O)CCC1=O. The van der Waals surface area contributed by atoms with Crippen molar-refractivity contribution in [1.29, 1.82) is 0 Å². The highest BCUT2D eigenvalue weighted by Crippen LogP contribution is 2.12. The topological polar surface area (TPSA) is 113 Å². The number of carboxylic acid groups (broad SMARTS) is 1. The molecular formula is C8H10N2O6. The van der Waals surface area contributed by atoms with Gasteiger partial charge in [0.15, 0.2) is 0 Å². The lowest BCUT2D eigenvalue weighted by atomic mass is 10.3. The summed E-state index contributed by atoms with van der Waals surface area (Å²) in [5.41, 5.74) is 0. The minimum atomic E-state index is -1.40. The lowest BCUT2D eigenvalue weighted by Crippen LogP contribution is -2.43. The van der Waals surface area contributed by atoms with Crippen molar-refractivity contribution in [1.82, 2.24) is 10.4 Å². The fraction of sp³-hybridized carbons (Fsp3) is 0.500. The van der Waals surface area contributed by atoms with Crippen LogP contribution < -0.4 is 5.32 Å². The van der Waals surface area contributed by atoms with Gasteiger partial charge in [0, 0.05) is 12.8 Å². The molecule has 1 saturated heterocycles. The molecule has 1 aliphatic rings. The standard InChI is InChI=1S/C8H10N2O6/c1-4(9-8(14)15)7(13)16-10-5(11)2-3-6(10)12/h4,9H,2-3H2,1H3,(H,14,15)/t4-/m0/s1. The highest BCUT2D eigenvalue weighted by atomic mass is 16.7. The van der Waals surface area contributed by atoms with Gasteiger partial charge in [-0.25, -0.2) is 9.59 Å². The Morgan fingerprint density at radius 2 is 1.88 bits per heavy atom. The Morgan fingerprint density at radius 1 is 1.38 bits per heavy atom. The molecule has 0 bridgehead atoms. The molecule has 0 saturated carbocycles. The van der Waals surface area contributed by atoms with Crippen LogP contribution in [0.1, 0.15) is 19.8 Å². The maximum atomic E-state index is 11.2. The smallest absolute Gasteiger partial charge is 0.405 e. The van der Waals surface area contributed by atoms with Crippen LogP contribution >= 0.6 is 0 Å². The molecule has 0 radical (unpaired) electrons. The fourth-order valence-corrected chi connectivity index (χ4v) is 1.07. The number of rotatable bonds is 3. The van der Waals surface area contributed by atoms with Crippen molar-refractivity contribution in [2.75, 3.05) is 0 Å². The number of hydroxylamine groups is 2. The normalized spacial score (nSPS) is 17.2. The third kappa shape index (κ3) is 2.69. The summed E-state index contributed by atoms with van der Waals surface area (Å²) >= 11 is 0. The number of hydrogen-bond acceptors (Lipinski definition) is 5. The van der Waals surface area contributed by atoms with Crippen LogP contribution in [-0.2, 0) is 19.2 Å². The monoisotopic (exact) mass is 230 g/mol. The highest BCUT2D eigenvalue weighted by molar-refractivity contribution is 6.01. The van der Waals surface area contributed by atoms with Gasteiger partial charge in [-0.3, -0.25) is 9.59 Å². The van der Waals surface area contributed by atoms with Gasteiger partial charge in [0.25, 0.3) is 11.8 Å².